The minimum absolute atomic E-state index is 0.0648. The van der Waals surface area contributed by atoms with Gasteiger partial charge in [-0.05, 0) is 81.4 Å². The molecule has 2 aliphatic heterocycles. The average Bonchev–Trinajstić information content (AvgIpc) is 3.03. The molecule has 3 unspecified atom stereocenters. The Bertz CT molecular complexity index is 1370. The van der Waals surface area contributed by atoms with Crippen LogP contribution in [0.15, 0.2) is 69.7 Å². The number of aliphatic imine (C=N–C) groups is 1. The Morgan fingerprint density at radius 2 is 1.89 bits per heavy atom. The SMILES string of the molecule is COC(=O)C1C(C)=NC(C)=C(C(=O)OCCCCSc2ccc(CCOC3CCCCO3)cc2)C1c1cccc([N+](=O)[O-])c1. The Morgan fingerprint density at radius 1 is 1.09 bits per heavy atom. The van der Waals surface area contributed by atoms with Crippen LogP contribution in [-0.2, 0) is 35.0 Å². The van der Waals surface area contributed by atoms with Gasteiger partial charge >= 0.3 is 11.9 Å². The quantitative estimate of drug-likeness (QED) is 0.0769. The summed E-state index contributed by atoms with van der Waals surface area (Å²) in [5.74, 6) is -2.03. The number of rotatable bonds is 14. The molecule has 3 atom stereocenters. The Morgan fingerprint density at radius 3 is 2.59 bits per heavy atom. The molecule has 0 saturated carbocycles. The third-order valence-corrected chi connectivity index (χ3v) is 8.84. The summed E-state index contributed by atoms with van der Waals surface area (Å²) in [7, 11) is 1.26. The number of esters is 2. The van der Waals surface area contributed by atoms with Crippen LogP contribution in [0.1, 0.15) is 63.0 Å². The van der Waals surface area contributed by atoms with Gasteiger partial charge in [-0.2, -0.15) is 0 Å². The third-order valence-electron chi connectivity index (χ3n) is 7.74. The first-order valence-corrected chi connectivity index (χ1v) is 16.0. The zero-order valence-corrected chi connectivity index (χ0v) is 26.3. The number of allylic oxidation sites excluding steroid dienone is 1. The maximum absolute atomic E-state index is 13.4. The number of carbonyl (C=O) groups is 2. The van der Waals surface area contributed by atoms with Crippen LogP contribution in [0, 0.1) is 16.0 Å². The second-order valence-electron chi connectivity index (χ2n) is 10.8. The molecule has 2 heterocycles. The molecule has 0 radical (unpaired) electrons. The van der Waals surface area contributed by atoms with Gasteiger partial charge in [0, 0.05) is 41.0 Å². The van der Waals surface area contributed by atoms with Crippen molar-refractivity contribution in [3.05, 3.63) is 81.0 Å². The van der Waals surface area contributed by atoms with E-state index in [1.807, 2.05) is 0 Å². The van der Waals surface area contributed by atoms with Gasteiger partial charge in [0.05, 0.1) is 30.8 Å². The predicted molar refractivity (Wildman–Crippen MR) is 168 cm³/mol. The molecule has 10 nitrogen and oxygen atoms in total. The van der Waals surface area contributed by atoms with E-state index < -0.39 is 28.7 Å². The fourth-order valence-electron chi connectivity index (χ4n) is 5.47. The number of ether oxygens (including phenoxy) is 4. The lowest BCUT2D eigenvalue weighted by Gasteiger charge is -2.31. The topological polar surface area (TPSA) is 127 Å². The van der Waals surface area contributed by atoms with Crippen molar-refractivity contribution in [2.45, 2.75) is 69.5 Å². The van der Waals surface area contributed by atoms with E-state index in [2.05, 4.69) is 29.3 Å². The monoisotopic (exact) mass is 624 g/mol. The molecule has 1 saturated heterocycles. The number of hydrogen-bond donors (Lipinski definition) is 0. The summed E-state index contributed by atoms with van der Waals surface area (Å²) in [6.07, 6.45) is 5.52. The van der Waals surface area contributed by atoms with Crippen LogP contribution in [0.4, 0.5) is 5.69 Å². The highest BCUT2D eigenvalue weighted by molar-refractivity contribution is 7.99. The lowest BCUT2D eigenvalue weighted by molar-refractivity contribution is -0.384. The summed E-state index contributed by atoms with van der Waals surface area (Å²) in [5, 5.41) is 11.4. The van der Waals surface area contributed by atoms with E-state index in [9.17, 15) is 19.7 Å². The van der Waals surface area contributed by atoms with Crippen molar-refractivity contribution in [2.75, 3.05) is 32.7 Å². The van der Waals surface area contributed by atoms with Gasteiger partial charge in [0.2, 0.25) is 0 Å². The maximum atomic E-state index is 13.4. The molecule has 4 rings (SSSR count). The second kappa shape index (κ2) is 16.5. The van der Waals surface area contributed by atoms with Crippen LogP contribution in [-0.4, -0.2) is 61.5 Å². The van der Waals surface area contributed by atoms with Crippen LogP contribution in [0.25, 0.3) is 0 Å². The first kappa shape index (κ1) is 33.4. The molecule has 0 amide bonds. The maximum Gasteiger partial charge on any atom is 0.336 e. The fraction of sp³-hybridized carbons (Fsp3) is 0.485. The molecule has 0 aromatic heterocycles. The van der Waals surface area contributed by atoms with Crippen molar-refractivity contribution >= 4 is 35.1 Å². The Hall–Kier alpha value is -3.54. The Labute approximate surface area is 262 Å². The molecular formula is C33H40N2O8S. The minimum Gasteiger partial charge on any atom is -0.468 e. The number of unbranched alkanes of at least 4 members (excludes halogenated alkanes) is 1. The molecule has 0 N–H and O–H groups in total. The van der Waals surface area contributed by atoms with Gasteiger partial charge in [0.15, 0.2) is 6.29 Å². The highest BCUT2D eigenvalue weighted by atomic mass is 32.2. The Kier molecular flexibility index (Phi) is 12.5. The molecule has 2 aromatic rings. The molecule has 236 valence electrons. The van der Waals surface area contributed by atoms with E-state index in [1.54, 1.807) is 31.7 Å². The Balaban J connectivity index is 1.27. The van der Waals surface area contributed by atoms with E-state index in [0.29, 0.717) is 30.0 Å². The van der Waals surface area contributed by atoms with Crippen molar-refractivity contribution < 1.29 is 33.5 Å². The van der Waals surface area contributed by atoms with Crippen molar-refractivity contribution in [1.29, 1.82) is 0 Å². The highest BCUT2D eigenvalue weighted by Gasteiger charge is 2.42. The number of nitro groups is 1. The molecule has 0 aliphatic carbocycles. The fourth-order valence-corrected chi connectivity index (χ4v) is 6.38. The van der Waals surface area contributed by atoms with E-state index in [-0.39, 0.29) is 24.2 Å². The molecule has 2 aliphatic rings. The smallest absolute Gasteiger partial charge is 0.336 e. The number of thioether (sulfide) groups is 1. The first-order valence-electron chi connectivity index (χ1n) is 15.0. The van der Waals surface area contributed by atoms with E-state index >= 15 is 0 Å². The predicted octanol–water partition coefficient (Wildman–Crippen LogP) is 6.42. The van der Waals surface area contributed by atoms with Gasteiger partial charge in [0.25, 0.3) is 5.69 Å². The molecule has 0 spiro atoms. The summed E-state index contributed by atoms with van der Waals surface area (Å²) < 4.78 is 22.1. The third kappa shape index (κ3) is 8.99. The van der Waals surface area contributed by atoms with Crippen LogP contribution in [0.5, 0.6) is 0 Å². The van der Waals surface area contributed by atoms with Gasteiger partial charge in [-0.1, -0.05) is 24.3 Å². The number of hydrogen-bond acceptors (Lipinski definition) is 10. The number of methoxy groups -OCH3 is 1. The first-order chi connectivity index (χ1) is 21.3. The minimum atomic E-state index is -0.908. The summed E-state index contributed by atoms with van der Waals surface area (Å²) >= 11 is 1.75. The second-order valence-corrected chi connectivity index (χ2v) is 12.0. The number of non-ortho nitro benzene ring substituents is 1. The zero-order chi connectivity index (χ0) is 31.5. The van der Waals surface area contributed by atoms with Crippen molar-refractivity contribution in [1.82, 2.24) is 0 Å². The van der Waals surface area contributed by atoms with E-state index in [0.717, 1.165) is 44.5 Å². The summed E-state index contributed by atoms with van der Waals surface area (Å²) in [6, 6.07) is 14.4. The molecular weight excluding hydrogens is 584 g/mol. The number of carbonyl (C=O) groups excluding carboxylic acids is 2. The standard InChI is InChI=1S/C33H40N2O8S/c1-22-29(32(36)40-3)31(25-9-8-10-26(21-25)35(38)39)30(23(2)34-22)33(37)43-18-6-7-20-44-27-14-12-24(13-15-27)16-19-42-28-11-4-5-17-41-28/h8-10,12-15,21,28-29,31H,4-7,11,16-20H2,1-3H3. The normalized spacial score (nSPS) is 20.2. The highest BCUT2D eigenvalue weighted by Crippen LogP contribution is 2.41. The van der Waals surface area contributed by atoms with Crippen molar-refractivity contribution in [3.63, 3.8) is 0 Å². The van der Waals surface area contributed by atoms with Crippen molar-refractivity contribution in [3.8, 4) is 0 Å². The van der Waals surface area contributed by atoms with Gasteiger partial charge in [-0.15, -0.1) is 11.8 Å². The largest absolute Gasteiger partial charge is 0.468 e. The van der Waals surface area contributed by atoms with Crippen LogP contribution < -0.4 is 0 Å². The van der Waals surface area contributed by atoms with Gasteiger partial charge in [-0.3, -0.25) is 19.9 Å². The van der Waals surface area contributed by atoms with Gasteiger partial charge in [0.1, 0.15) is 5.92 Å². The zero-order valence-electron chi connectivity index (χ0n) is 25.5. The molecule has 2 aromatic carbocycles. The molecule has 0 bridgehead atoms. The molecule has 1 fully saturated rings. The van der Waals surface area contributed by atoms with Crippen LogP contribution in [0.2, 0.25) is 0 Å². The lowest BCUT2D eigenvalue weighted by atomic mass is 9.75. The summed E-state index contributed by atoms with van der Waals surface area (Å²) in [5.41, 5.74) is 2.62. The summed E-state index contributed by atoms with van der Waals surface area (Å²) in [4.78, 5) is 42.7. The van der Waals surface area contributed by atoms with Crippen molar-refractivity contribution in [2.24, 2.45) is 10.9 Å². The lowest BCUT2D eigenvalue weighted by Crippen LogP contribution is -2.36. The van der Waals surface area contributed by atoms with Gasteiger partial charge in [-0.25, -0.2) is 4.79 Å². The number of benzene rings is 2. The van der Waals surface area contributed by atoms with E-state index in [4.69, 9.17) is 18.9 Å². The van der Waals surface area contributed by atoms with Crippen LogP contribution in [0.3, 0.4) is 0 Å². The molecule has 44 heavy (non-hydrogen) atoms. The van der Waals surface area contributed by atoms with Gasteiger partial charge < -0.3 is 18.9 Å². The van der Waals surface area contributed by atoms with Crippen LogP contribution >= 0.6 is 11.8 Å². The summed E-state index contributed by atoms with van der Waals surface area (Å²) in [6.45, 7) is 5.00. The average molecular weight is 625 g/mol. The van der Waals surface area contributed by atoms with E-state index in [1.165, 1.54) is 35.8 Å². The molecule has 11 heteroatoms. The number of nitro benzene ring substituents is 1. The number of nitrogens with zero attached hydrogens (tertiary/aromatic N) is 2.